The standard InChI is InChI=1S/C11H18O5S2/c12-10-9-11(13)18-8-6-16-4-2-14-1-3-15-5-7-17-10/h1-9H2. The fraction of sp³-hybridized carbons (Fsp3) is 0.818. The number of ether oxygens (including phenoxy) is 3. The maximum Gasteiger partial charge on any atom is 0.197 e. The molecule has 1 saturated heterocycles. The molecule has 1 heterocycles. The summed E-state index contributed by atoms with van der Waals surface area (Å²) in [7, 11) is 0. The van der Waals surface area contributed by atoms with Gasteiger partial charge < -0.3 is 14.2 Å². The molecule has 1 aliphatic heterocycles. The van der Waals surface area contributed by atoms with Crippen LogP contribution in [0, 0.1) is 0 Å². The van der Waals surface area contributed by atoms with E-state index in [1.54, 1.807) is 0 Å². The Morgan fingerprint density at radius 1 is 0.667 bits per heavy atom. The zero-order valence-corrected chi connectivity index (χ0v) is 11.9. The Balaban J connectivity index is 2.23. The molecule has 0 aromatic rings. The molecule has 0 N–H and O–H groups in total. The van der Waals surface area contributed by atoms with Gasteiger partial charge in [-0.15, -0.1) is 0 Å². The van der Waals surface area contributed by atoms with Crippen LogP contribution >= 0.6 is 23.5 Å². The third-order valence-electron chi connectivity index (χ3n) is 2.01. The van der Waals surface area contributed by atoms with Crippen molar-refractivity contribution in [2.75, 3.05) is 51.1 Å². The second kappa shape index (κ2) is 10.8. The first-order chi connectivity index (χ1) is 8.79. The minimum atomic E-state index is -0.0969. The molecular formula is C11H18O5S2. The summed E-state index contributed by atoms with van der Waals surface area (Å²) < 4.78 is 15.8. The Morgan fingerprint density at radius 3 is 1.50 bits per heavy atom. The molecule has 0 amide bonds. The summed E-state index contributed by atoms with van der Waals surface area (Å²) in [5.41, 5.74) is 0. The number of hydrogen-bond donors (Lipinski definition) is 0. The Kier molecular flexibility index (Phi) is 9.59. The number of thioether (sulfide) groups is 2. The van der Waals surface area contributed by atoms with Crippen molar-refractivity contribution in [1.29, 1.82) is 0 Å². The van der Waals surface area contributed by atoms with Crippen molar-refractivity contribution in [2.24, 2.45) is 0 Å². The molecule has 0 radical (unpaired) electrons. The van der Waals surface area contributed by atoms with Gasteiger partial charge in [0.2, 0.25) is 0 Å². The maximum atomic E-state index is 11.4. The van der Waals surface area contributed by atoms with Crippen LogP contribution in [0.4, 0.5) is 0 Å². The quantitative estimate of drug-likeness (QED) is 0.617. The lowest BCUT2D eigenvalue weighted by Gasteiger charge is -2.07. The van der Waals surface area contributed by atoms with E-state index in [1.165, 1.54) is 0 Å². The molecule has 5 nitrogen and oxygen atoms in total. The Labute approximate surface area is 115 Å². The van der Waals surface area contributed by atoms with Crippen molar-refractivity contribution in [2.45, 2.75) is 6.42 Å². The highest BCUT2D eigenvalue weighted by atomic mass is 32.2. The third kappa shape index (κ3) is 8.93. The molecule has 7 heteroatoms. The fourth-order valence-electron chi connectivity index (χ4n) is 1.19. The lowest BCUT2D eigenvalue weighted by Crippen LogP contribution is -2.13. The molecule has 0 aromatic heterocycles. The van der Waals surface area contributed by atoms with Crippen molar-refractivity contribution in [3.8, 4) is 0 Å². The van der Waals surface area contributed by atoms with Crippen molar-refractivity contribution in [3.63, 3.8) is 0 Å². The van der Waals surface area contributed by atoms with Crippen LogP contribution < -0.4 is 0 Å². The van der Waals surface area contributed by atoms with Crippen LogP contribution in [-0.4, -0.2) is 61.4 Å². The van der Waals surface area contributed by atoms with E-state index in [9.17, 15) is 9.59 Å². The van der Waals surface area contributed by atoms with Gasteiger partial charge in [0.15, 0.2) is 10.2 Å². The van der Waals surface area contributed by atoms with Crippen LogP contribution in [0.2, 0.25) is 0 Å². The second-order valence-corrected chi connectivity index (χ2v) is 5.76. The molecular weight excluding hydrogens is 276 g/mol. The first kappa shape index (κ1) is 16.0. The molecule has 0 unspecified atom stereocenters. The number of carbonyl (C=O) groups is 2. The van der Waals surface area contributed by atoms with Crippen LogP contribution in [0.5, 0.6) is 0 Å². The van der Waals surface area contributed by atoms with Crippen molar-refractivity contribution >= 4 is 33.8 Å². The second-order valence-electron chi connectivity index (χ2n) is 3.45. The number of hydrogen-bond acceptors (Lipinski definition) is 7. The van der Waals surface area contributed by atoms with Crippen LogP contribution in [0.3, 0.4) is 0 Å². The van der Waals surface area contributed by atoms with Gasteiger partial charge in [-0.3, -0.25) is 9.59 Å². The molecule has 0 aromatic carbocycles. The van der Waals surface area contributed by atoms with E-state index >= 15 is 0 Å². The minimum absolute atomic E-state index is 0.0154. The molecule has 1 aliphatic rings. The van der Waals surface area contributed by atoms with Crippen molar-refractivity contribution in [1.82, 2.24) is 0 Å². The maximum absolute atomic E-state index is 11.4. The molecule has 0 bridgehead atoms. The van der Waals surface area contributed by atoms with Gasteiger partial charge in [0.05, 0.1) is 46.1 Å². The summed E-state index contributed by atoms with van der Waals surface area (Å²) in [6.45, 7) is 3.10. The van der Waals surface area contributed by atoms with Crippen LogP contribution in [-0.2, 0) is 23.8 Å². The predicted octanol–water partition coefficient (Wildman–Crippen LogP) is 0.959. The van der Waals surface area contributed by atoms with E-state index in [-0.39, 0.29) is 16.7 Å². The largest absolute Gasteiger partial charge is 0.378 e. The highest BCUT2D eigenvalue weighted by molar-refractivity contribution is 8.15. The zero-order valence-electron chi connectivity index (χ0n) is 10.2. The number of rotatable bonds is 0. The summed E-state index contributed by atoms with van der Waals surface area (Å²) >= 11 is 2.29. The Hall–Kier alpha value is -0.0800. The number of carbonyl (C=O) groups excluding carboxylic acids is 2. The third-order valence-corrected chi connectivity index (χ3v) is 3.69. The first-order valence-corrected chi connectivity index (χ1v) is 7.80. The van der Waals surface area contributed by atoms with Gasteiger partial charge in [-0.2, -0.15) is 0 Å². The lowest BCUT2D eigenvalue weighted by molar-refractivity contribution is -0.117. The fourth-order valence-corrected chi connectivity index (χ4v) is 2.61. The van der Waals surface area contributed by atoms with Crippen LogP contribution in [0.25, 0.3) is 0 Å². The van der Waals surface area contributed by atoms with E-state index < -0.39 is 0 Å². The Morgan fingerprint density at radius 2 is 1.06 bits per heavy atom. The van der Waals surface area contributed by atoms with Crippen molar-refractivity contribution < 1.29 is 23.8 Å². The van der Waals surface area contributed by atoms with E-state index in [0.717, 1.165) is 23.5 Å². The monoisotopic (exact) mass is 294 g/mol. The summed E-state index contributed by atoms with van der Waals surface area (Å²) in [6, 6.07) is 0. The van der Waals surface area contributed by atoms with E-state index in [4.69, 9.17) is 14.2 Å². The molecule has 1 fully saturated rings. The van der Waals surface area contributed by atoms with Gasteiger partial charge >= 0.3 is 0 Å². The van der Waals surface area contributed by atoms with E-state index in [2.05, 4.69) is 0 Å². The predicted molar refractivity (Wildman–Crippen MR) is 72.0 cm³/mol. The summed E-state index contributed by atoms with van der Waals surface area (Å²) in [5, 5.41) is -0.194. The van der Waals surface area contributed by atoms with Gasteiger partial charge in [0.1, 0.15) is 0 Å². The lowest BCUT2D eigenvalue weighted by atomic mass is 10.5. The van der Waals surface area contributed by atoms with Gasteiger partial charge in [-0.1, -0.05) is 23.5 Å². The van der Waals surface area contributed by atoms with Gasteiger partial charge in [0, 0.05) is 11.5 Å². The van der Waals surface area contributed by atoms with Gasteiger partial charge in [-0.25, -0.2) is 0 Å². The van der Waals surface area contributed by atoms with Crippen molar-refractivity contribution in [3.05, 3.63) is 0 Å². The van der Waals surface area contributed by atoms with Crippen LogP contribution in [0.15, 0.2) is 0 Å². The molecule has 104 valence electrons. The highest BCUT2D eigenvalue weighted by Crippen LogP contribution is 2.12. The van der Waals surface area contributed by atoms with Gasteiger partial charge in [0.25, 0.3) is 0 Å². The smallest absolute Gasteiger partial charge is 0.197 e. The summed E-state index contributed by atoms with van der Waals surface area (Å²) in [6.07, 6.45) is -0.0154. The average molecular weight is 294 g/mol. The van der Waals surface area contributed by atoms with E-state index in [1.807, 2.05) is 0 Å². The molecule has 0 spiro atoms. The average Bonchev–Trinajstić information content (AvgIpc) is 2.33. The van der Waals surface area contributed by atoms with Crippen LogP contribution in [0.1, 0.15) is 6.42 Å². The van der Waals surface area contributed by atoms with E-state index in [0.29, 0.717) is 51.1 Å². The minimum Gasteiger partial charge on any atom is -0.378 e. The summed E-state index contributed by atoms with van der Waals surface area (Å²) in [4.78, 5) is 22.8. The normalized spacial score (nSPS) is 22.9. The molecule has 1 rings (SSSR count). The zero-order chi connectivity index (χ0) is 13.1. The molecule has 18 heavy (non-hydrogen) atoms. The SMILES string of the molecule is O=C1CC(=O)SCCOCCOCCOCCS1. The van der Waals surface area contributed by atoms with Gasteiger partial charge in [-0.05, 0) is 0 Å². The Bertz CT molecular complexity index is 236. The molecule has 0 aliphatic carbocycles. The summed E-state index contributed by atoms with van der Waals surface area (Å²) in [5.74, 6) is 1.17. The molecule has 0 atom stereocenters. The molecule has 0 saturated carbocycles. The topological polar surface area (TPSA) is 61.8 Å². The first-order valence-electron chi connectivity index (χ1n) is 5.83. The highest BCUT2D eigenvalue weighted by Gasteiger charge is 2.10.